The summed E-state index contributed by atoms with van der Waals surface area (Å²) in [6.45, 7) is 2.25. The monoisotopic (exact) mass is 442 g/mol. The number of nitrogens with two attached hydrogens (primary N) is 1. The molecule has 3 aromatic rings. The number of aryl methyl sites for hydroxylation is 1. The maximum atomic E-state index is 14.9. The summed E-state index contributed by atoms with van der Waals surface area (Å²) >= 11 is 6.15. The lowest BCUT2D eigenvalue weighted by Crippen LogP contribution is -2.24. The fourth-order valence-electron chi connectivity index (χ4n) is 3.22. The molecule has 0 saturated carbocycles. The molecule has 0 bridgehead atoms. The number of carbonyl (C=O) groups excluding carboxylic acids is 1. The first kappa shape index (κ1) is 20.8. The van der Waals surface area contributed by atoms with E-state index in [0.29, 0.717) is 30.1 Å². The van der Waals surface area contributed by atoms with E-state index in [9.17, 15) is 9.18 Å². The molecule has 10 heteroatoms. The first-order valence-corrected chi connectivity index (χ1v) is 10.0. The highest BCUT2D eigenvalue weighted by atomic mass is 35.5. The van der Waals surface area contributed by atoms with E-state index in [1.54, 1.807) is 18.2 Å². The van der Waals surface area contributed by atoms with Crippen molar-refractivity contribution < 1.29 is 13.9 Å². The lowest BCUT2D eigenvalue weighted by Gasteiger charge is -2.18. The van der Waals surface area contributed by atoms with Gasteiger partial charge in [0.1, 0.15) is 6.61 Å². The Morgan fingerprint density at radius 2 is 2.10 bits per heavy atom. The predicted octanol–water partition coefficient (Wildman–Crippen LogP) is 4.00. The van der Waals surface area contributed by atoms with Crippen molar-refractivity contribution in [3.63, 3.8) is 0 Å². The molecule has 1 aliphatic rings. The summed E-state index contributed by atoms with van der Waals surface area (Å²) in [5.74, 6) is -0.291. The van der Waals surface area contributed by atoms with Gasteiger partial charge < -0.3 is 20.7 Å². The number of nitrogens with zero attached hydrogens (tertiary/aromatic N) is 4. The maximum absolute atomic E-state index is 14.9. The Labute approximate surface area is 183 Å². The average molecular weight is 443 g/mol. The van der Waals surface area contributed by atoms with Crippen molar-refractivity contribution in [3.05, 3.63) is 58.6 Å². The van der Waals surface area contributed by atoms with E-state index in [1.807, 2.05) is 19.1 Å². The Bertz CT molecular complexity index is 1140. The summed E-state index contributed by atoms with van der Waals surface area (Å²) in [5.41, 5.74) is 7.61. The van der Waals surface area contributed by atoms with E-state index in [-0.39, 0.29) is 41.7 Å². The third kappa shape index (κ3) is 4.66. The highest BCUT2D eigenvalue weighted by Crippen LogP contribution is 2.30. The van der Waals surface area contributed by atoms with Crippen molar-refractivity contribution >= 4 is 40.8 Å². The minimum absolute atomic E-state index is 0.00370. The van der Waals surface area contributed by atoms with Crippen LogP contribution in [0.4, 0.5) is 27.7 Å². The van der Waals surface area contributed by atoms with Crippen LogP contribution in [-0.4, -0.2) is 27.4 Å². The topological polar surface area (TPSA) is 106 Å². The van der Waals surface area contributed by atoms with Gasteiger partial charge in [-0.25, -0.2) is 4.39 Å². The number of anilines is 4. The van der Waals surface area contributed by atoms with Crippen LogP contribution in [0.5, 0.6) is 5.75 Å². The normalized spacial score (nSPS) is 13.5. The van der Waals surface area contributed by atoms with Gasteiger partial charge in [0.15, 0.2) is 17.4 Å². The van der Waals surface area contributed by atoms with Crippen molar-refractivity contribution in [1.29, 1.82) is 0 Å². The minimum Gasteiger partial charge on any atom is -0.482 e. The molecule has 0 spiro atoms. The number of hydrogen-bond acceptors (Lipinski definition) is 7. The number of ether oxygens (including phenoxy) is 1. The van der Waals surface area contributed by atoms with Crippen molar-refractivity contribution in [3.8, 4) is 5.75 Å². The number of hydrogen-bond donors (Lipinski definition) is 2. The zero-order valence-corrected chi connectivity index (χ0v) is 17.5. The van der Waals surface area contributed by atoms with E-state index in [4.69, 9.17) is 22.1 Å². The quantitative estimate of drug-likeness (QED) is 0.594. The Kier molecular flexibility index (Phi) is 5.85. The summed E-state index contributed by atoms with van der Waals surface area (Å²) in [6, 6.07) is 10.1. The summed E-state index contributed by atoms with van der Waals surface area (Å²) in [5, 5.41) is 3.61. The summed E-state index contributed by atoms with van der Waals surface area (Å²) < 4.78 is 20.5. The van der Waals surface area contributed by atoms with Crippen LogP contribution >= 0.6 is 11.6 Å². The highest BCUT2D eigenvalue weighted by molar-refractivity contribution is 6.31. The molecular weight excluding hydrogens is 423 g/mol. The number of rotatable bonds is 6. The van der Waals surface area contributed by atoms with Gasteiger partial charge in [0, 0.05) is 23.7 Å². The fourth-order valence-corrected chi connectivity index (χ4v) is 3.40. The van der Waals surface area contributed by atoms with E-state index >= 15 is 0 Å². The van der Waals surface area contributed by atoms with E-state index in [0.717, 1.165) is 5.56 Å². The highest BCUT2D eigenvalue weighted by Gasteiger charge is 2.25. The zero-order valence-electron chi connectivity index (χ0n) is 16.7. The van der Waals surface area contributed by atoms with E-state index < -0.39 is 5.82 Å². The molecule has 8 nitrogen and oxygen atoms in total. The van der Waals surface area contributed by atoms with Crippen molar-refractivity contribution in [2.75, 3.05) is 22.5 Å². The van der Waals surface area contributed by atoms with Gasteiger partial charge in [-0.2, -0.15) is 15.0 Å². The van der Waals surface area contributed by atoms with E-state index in [1.165, 1.54) is 11.0 Å². The van der Waals surface area contributed by atoms with Gasteiger partial charge in [-0.15, -0.1) is 0 Å². The van der Waals surface area contributed by atoms with Gasteiger partial charge in [0.25, 0.3) is 0 Å². The number of benzene rings is 2. The van der Waals surface area contributed by atoms with Gasteiger partial charge in [-0.3, -0.25) is 4.79 Å². The van der Waals surface area contributed by atoms with Crippen LogP contribution in [0.25, 0.3) is 0 Å². The molecular formula is C21H20ClFN6O2. The molecule has 1 amide bonds. The smallest absolute Gasteiger partial charge is 0.232 e. The number of nitrogens with one attached hydrogen (secondary N) is 1. The molecule has 1 fully saturated rings. The van der Waals surface area contributed by atoms with Crippen LogP contribution in [0.15, 0.2) is 36.4 Å². The van der Waals surface area contributed by atoms with Crippen molar-refractivity contribution in [2.24, 2.45) is 0 Å². The molecule has 1 aromatic heterocycles. The summed E-state index contributed by atoms with van der Waals surface area (Å²) in [6.07, 6.45) is 1.12. The number of aromatic nitrogens is 3. The van der Waals surface area contributed by atoms with Gasteiger partial charge in [0.2, 0.25) is 17.8 Å². The largest absolute Gasteiger partial charge is 0.482 e. The van der Waals surface area contributed by atoms with Gasteiger partial charge in [0.05, 0.1) is 5.69 Å². The second kappa shape index (κ2) is 8.73. The zero-order chi connectivity index (χ0) is 22.0. The molecule has 0 unspecified atom stereocenters. The fraction of sp³-hybridized carbons (Fsp3) is 0.238. The number of carbonyl (C=O) groups is 1. The maximum Gasteiger partial charge on any atom is 0.232 e. The van der Waals surface area contributed by atoms with Crippen LogP contribution in [0.2, 0.25) is 5.02 Å². The Hall–Kier alpha value is -3.46. The van der Waals surface area contributed by atoms with Crippen molar-refractivity contribution in [2.45, 2.75) is 26.4 Å². The number of nitrogen functional groups attached to an aromatic ring is 1. The molecule has 0 atom stereocenters. The van der Waals surface area contributed by atoms with Crippen molar-refractivity contribution in [1.82, 2.24) is 15.0 Å². The summed E-state index contributed by atoms with van der Waals surface area (Å²) in [4.78, 5) is 25.7. The Morgan fingerprint density at radius 1 is 1.26 bits per heavy atom. The third-order valence-corrected chi connectivity index (χ3v) is 5.20. The number of halogens is 2. The Balaban J connectivity index is 1.50. The first-order valence-electron chi connectivity index (χ1n) is 9.66. The second-order valence-electron chi connectivity index (χ2n) is 7.05. The standard InChI is InChI=1S/C21H20ClFN6O2/c1-12-7-8-13(10-14(12)22)25-21-27-17(26-20(24)28-21)11-31-16-5-2-4-15(19(16)23)29-9-3-6-18(29)30/h2,4-5,7-8,10H,3,6,9,11H2,1H3,(H3,24,25,26,27,28). The molecule has 160 valence electrons. The molecule has 1 aliphatic heterocycles. The molecule has 0 radical (unpaired) electrons. The molecule has 0 aliphatic carbocycles. The van der Waals surface area contributed by atoms with Crippen LogP contribution in [-0.2, 0) is 11.4 Å². The molecule has 4 rings (SSSR count). The second-order valence-corrected chi connectivity index (χ2v) is 7.46. The lowest BCUT2D eigenvalue weighted by atomic mass is 10.2. The van der Waals surface area contributed by atoms with Gasteiger partial charge in [-0.05, 0) is 43.2 Å². The molecule has 31 heavy (non-hydrogen) atoms. The average Bonchev–Trinajstić information content (AvgIpc) is 3.15. The predicted molar refractivity (Wildman–Crippen MR) is 116 cm³/mol. The number of amides is 1. The SMILES string of the molecule is Cc1ccc(Nc2nc(N)nc(COc3cccc(N4CCCC4=O)c3F)n2)cc1Cl. The third-order valence-electron chi connectivity index (χ3n) is 4.79. The van der Waals surface area contributed by atoms with Crippen LogP contribution in [0.1, 0.15) is 24.2 Å². The van der Waals surface area contributed by atoms with Crippen LogP contribution in [0, 0.1) is 12.7 Å². The minimum atomic E-state index is -0.604. The van der Waals surface area contributed by atoms with Gasteiger partial charge in [-0.1, -0.05) is 23.7 Å². The van der Waals surface area contributed by atoms with Crippen LogP contribution < -0.4 is 20.7 Å². The molecule has 2 heterocycles. The van der Waals surface area contributed by atoms with Crippen LogP contribution in [0.3, 0.4) is 0 Å². The lowest BCUT2D eigenvalue weighted by molar-refractivity contribution is -0.117. The molecule has 1 saturated heterocycles. The first-order chi connectivity index (χ1) is 14.9. The molecule has 3 N–H and O–H groups in total. The Morgan fingerprint density at radius 3 is 2.84 bits per heavy atom. The summed E-state index contributed by atoms with van der Waals surface area (Å²) in [7, 11) is 0. The van der Waals surface area contributed by atoms with Gasteiger partial charge >= 0.3 is 0 Å². The van der Waals surface area contributed by atoms with E-state index in [2.05, 4.69) is 20.3 Å². The molecule has 2 aromatic carbocycles.